The molecule has 8 heteroatoms. The molecule has 0 aliphatic carbocycles. The molecule has 0 atom stereocenters. The monoisotopic (exact) mass is 419 g/mol. The third-order valence-electron chi connectivity index (χ3n) is 4.35. The Morgan fingerprint density at radius 3 is 1.07 bits per heavy atom. The van der Waals surface area contributed by atoms with E-state index in [-0.39, 0.29) is 0 Å². The maximum Gasteiger partial charge on any atom is 0.522 e. The van der Waals surface area contributed by atoms with Gasteiger partial charge in [-0.25, -0.2) is 0 Å². The van der Waals surface area contributed by atoms with Crippen LogP contribution in [0.4, 0.5) is 13.2 Å². The second kappa shape index (κ2) is 19.0. The van der Waals surface area contributed by atoms with Crippen LogP contribution >= 0.6 is 0 Å². The summed E-state index contributed by atoms with van der Waals surface area (Å²) < 4.78 is 57.5. The van der Waals surface area contributed by atoms with Gasteiger partial charge in [0.1, 0.15) is 0 Å². The molecule has 0 aromatic heterocycles. The van der Waals surface area contributed by atoms with Gasteiger partial charge in [-0.15, -0.1) is 0 Å². The fourth-order valence-corrected chi connectivity index (χ4v) is 2.69. The first kappa shape index (κ1) is 28.9. The Kier molecular flexibility index (Phi) is 20.3. The number of nitrogens with two attached hydrogens (primary N) is 1. The minimum atomic E-state index is -5.84. The molecule has 27 heavy (non-hydrogen) atoms. The van der Waals surface area contributed by atoms with Crippen LogP contribution in [0, 0.1) is 0 Å². The minimum Gasteiger partial charge on any atom is -0.330 e. The summed E-state index contributed by atoms with van der Waals surface area (Å²) in [6, 6.07) is 0. The average Bonchev–Trinajstić information content (AvgIpc) is 2.57. The smallest absolute Gasteiger partial charge is 0.330 e. The molecule has 0 aliphatic rings. The lowest BCUT2D eigenvalue weighted by molar-refractivity contribution is -0.0510. The Hall–Kier alpha value is -0.340. The molecule has 0 aromatic carbocycles. The predicted molar refractivity (Wildman–Crippen MR) is 106 cm³/mol. The molecule has 0 bridgehead atoms. The summed E-state index contributed by atoms with van der Waals surface area (Å²) in [5, 5.41) is 0. The van der Waals surface area contributed by atoms with Crippen LogP contribution in [-0.4, -0.2) is 25.0 Å². The van der Waals surface area contributed by atoms with E-state index < -0.39 is 15.6 Å². The molecule has 0 aliphatic heterocycles. The van der Waals surface area contributed by atoms with Crippen LogP contribution in [-0.2, 0) is 10.1 Å². The van der Waals surface area contributed by atoms with Gasteiger partial charge in [0.15, 0.2) is 0 Å². The van der Waals surface area contributed by atoms with Gasteiger partial charge in [0.2, 0.25) is 0 Å². The lowest BCUT2D eigenvalue weighted by Crippen LogP contribution is -2.21. The first-order chi connectivity index (χ1) is 12.7. The standard InChI is InChI=1S/C18H39N.CHF3O3S/c1-2-3-4-5-6-7-8-9-10-11-12-13-14-15-16-17-18-19;2-1(3,4)8(5,6)7/h2-19H2,1H3;(H,5,6,7). The van der Waals surface area contributed by atoms with Crippen LogP contribution < -0.4 is 5.73 Å². The van der Waals surface area contributed by atoms with Gasteiger partial charge in [0.25, 0.3) is 0 Å². The lowest BCUT2D eigenvalue weighted by atomic mass is 10.0. The fraction of sp³-hybridized carbons (Fsp3) is 1.00. The molecule has 0 heterocycles. The summed E-state index contributed by atoms with van der Waals surface area (Å²) in [5.74, 6) is 0. The van der Waals surface area contributed by atoms with Crippen LogP contribution in [0.3, 0.4) is 0 Å². The highest BCUT2D eigenvalue weighted by atomic mass is 32.2. The van der Waals surface area contributed by atoms with Gasteiger partial charge in [-0.1, -0.05) is 103 Å². The van der Waals surface area contributed by atoms with Gasteiger partial charge in [-0.3, -0.25) is 4.55 Å². The van der Waals surface area contributed by atoms with E-state index >= 15 is 0 Å². The summed E-state index contributed by atoms with van der Waals surface area (Å²) in [6.07, 6.45) is 22.9. The zero-order chi connectivity index (χ0) is 21.0. The maximum absolute atomic E-state index is 10.7. The van der Waals surface area contributed by atoms with Crippen molar-refractivity contribution in [2.24, 2.45) is 5.73 Å². The van der Waals surface area contributed by atoms with Crippen molar-refractivity contribution in [3.05, 3.63) is 0 Å². The molecule has 0 unspecified atom stereocenters. The maximum atomic E-state index is 10.7. The Morgan fingerprint density at radius 1 is 0.667 bits per heavy atom. The summed E-state index contributed by atoms with van der Waals surface area (Å²) in [5.41, 5.74) is -0.0519. The van der Waals surface area contributed by atoms with Crippen LogP contribution in [0.15, 0.2) is 0 Å². The molecule has 3 N–H and O–H groups in total. The van der Waals surface area contributed by atoms with E-state index in [0.717, 1.165) is 6.54 Å². The number of halogens is 3. The van der Waals surface area contributed by atoms with Crippen LogP contribution in [0.5, 0.6) is 0 Å². The van der Waals surface area contributed by atoms with Crippen molar-refractivity contribution in [2.75, 3.05) is 6.54 Å². The van der Waals surface area contributed by atoms with E-state index in [1.807, 2.05) is 0 Å². The SMILES string of the molecule is CCCCCCCCCCCCCCCCCCN.O=S(=O)(O)C(F)(F)F. The summed E-state index contributed by atoms with van der Waals surface area (Å²) >= 11 is 0. The van der Waals surface area contributed by atoms with E-state index in [1.54, 1.807) is 0 Å². The molecule has 0 spiro atoms. The Balaban J connectivity index is 0. The molecular weight excluding hydrogens is 379 g/mol. The number of rotatable bonds is 16. The second-order valence-corrected chi connectivity index (χ2v) is 8.43. The minimum absolute atomic E-state index is 0.873. The Morgan fingerprint density at radius 2 is 0.889 bits per heavy atom. The van der Waals surface area contributed by atoms with Crippen LogP contribution in [0.1, 0.15) is 110 Å². The molecule has 4 nitrogen and oxygen atoms in total. The Bertz CT molecular complexity index is 385. The first-order valence-corrected chi connectivity index (χ1v) is 11.8. The van der Waals surface area contributed by atoms with Crippen LogP contribution in [0.2, 0.25) is 0 Å². The Labute approximate surface area is 164 Å². The van der Waals surface area contributed by atoms with Crippen molar-refractivity contribution >= 4 is 10.1 Å². The van der Waals surface area contributed by atoms with Gasteiger partial charge in [-0.2, -0.15) is 21.6 Å². The van der Waals surface area contributed by atoms with Gasteiger partial charge in [-0.05, 0) is 13.0 Å². The molecule has 0 saturated heterocycles. The number of hydrogen-bond acceptors (Lipinski definition) is 3. The molecule has 0 rings (SSSR count). The normalized spacial score (nSPS) is 11.9. The average molecular weight is 420 g/mol. The number of unbranched alkanes of at least 4 members (excludes halogenated alkanes) is 15. The molecule has 166 valence electrons. The van der Waals surface area contributed by atoms with Crippen molar-refractivity contribution in [1.29, 1.82) is 0 Å². The summed E-state index contributed by atoms with van der Waals surface area (Å²) in [6.45, 7) is 3.16. The van der Waals surface area contributed by atoms with Crippen molar-refractivity contribution in [2.45, 2.75) is 115 Å². The topological polar surface area (TPSA) is 80.4 Å². The van der Waals surface area contributed by atoms with E-state index in [1.165, 1.54) is 103 Å². The highest BCUT2D eigenvalue weighted by Gasteiger charge is 2.44. The molecule has 0 radical (unpaired) electrons. The van der Waals surface area contributed by atoms with Gasteiger partial charge >= 0.3 is 15.6 Å². The van der Waals surface area contributed by atoms with E-state index in [9.17, 15) is 13.2 Å². The fourth-order valence-electron chi connectivity index (χ4n) is 2.69. The zero-order valence-corrected chi connectivity index (χ0v) is 17.7. The molecule has 0 amide bonds. The third-order valence-corrected chi connectivity index (χ3v) is 4.94. The molecule has 0 saturated carbocycles. The van der Waals surface area contributed by atoms with Crippen molar-refractivity contribution in [3.8, 4) is 0 Å². The van der Waals surface area contributed by atoms with E-state index in [0.29, 0.717) is 0 Å². The number of hydrogen-bond donors (Lipinski definition) is 2. The van der Waals surface area contributed by atoms with Crippen LogP contribution in [0.25, 0.3) is 0 Å². The second-order valence-electron chi connectivity index (χ2n) is 7.01. The van der Waals surface area contributed by atoms with Gasteiger partial charge < -0.3 is 5.73 Å². The molecule has 0 fully saturated rings. The van der Waals surface area contributed by atoms with E-state index in [2.05, 4.69) is 6.92 Å². The van der Waals surface area contributed by atoms with E-state index in [4.69, 9.17) is 18.7 Å². The van der Waals surface area contributed by atoms with Crippen molar-refractivity contribution in [1.82, 2.24) is 0 Å². The first-order valence-electron chi connectivity index (χ1n) is 10.4. The summed E-state index contributed by atoms with van der Waals surface area (Å²) in [7, 11) is -5.84. The predicted octanol–water partition coefficient (Wildman–Crippen LogP) is 6.60. The van der Waals surface area contributed by atoms with Crippen molar-refractivity contribution < 1.29 is 26.1 Å². The largest absolute Gasteiger partial charge is 0.522 e. The van der Waals surface area contributed by atoms with Crippen molar-refractivity contribution in [3.63, 3.8) is 0 Å². The summed E-state index contributed by atoms with van der Waals surface area (Å²) in [4.78, 5) is 0. The number of alkyl halides is 3. The molecular formula is C19H40F3NO3S. The zero-order valence-electron chi connectivity index (χ0n) is 16.9. The quantitative estimate of drug-likeness (QED) is 0.168. The highest BCUT2D eigenvalue weighted by Crippen LogP contribution is 2.20. The lowest BCUT2D eigenvalue weighted by Gasteiger charge is -2.03. The third kappa shape index (κ3) is 23.6. The molecule has 0 aromatic rings. The van der Waals surface area contributed by atoms with Gasteiger partial charge in [0, 0.05) is 0 Å². The highest BCUT2D eigenvalue weighted by molar-refractivity contribution is 7.86. The van der Waals surface area contributed by atoms with Gasteiger partial charge in [0.05, 0.1) is 0 Å².